The van der Waals surface area contributed by atoms with E-state index in [1.807, 2.05) is 49.4 Å². The minimum absolute atomic E-state index is 0.0785. The molecule has 194 valence electrons. The van der Waals surface area contributed by atoms with E-state index in [2.05, 4.69) is 0 Å². The number of carbonyl (C=O) groups is 1. The lowest BCUT2D eigenvalue weighted by Crippen LogP contribution is -2.12. The second-order valence-electron chi connectivity index (χ2n) is 8.19. The molecule has 0 bridgehead atoms. The third-order valence-corrected chi connectivity index (χ3v) is 5.86. The van der Waals surface area contributed by atoms with Crippen LogP contribution in [0, 0.1) is 0 Å². The molecule has 0 aliphatic heterocycles. The molecule has 0 spiro atoms. The summed E-state index contributed by atoms with van der Waals surface area (Å²) in [7, 11) is 4.73. The number of carbonyl (C=O) groups excluding carboxylic acids is 1. The quantitative estimate of drug-likeness (QED) is 0.107. The molecule has 0 saturated heterocycles. The van der Waals surface area contributed by atoms with E-state index >= 15 is 0 Å². The fraction of sp³-hybridized carbons (Fsp3) is 0.161. The number of para-hydroxylation sites is 1. The molecule has 7 nitrogen and oxygen atoms in total. The van der Waals surface area contributed by atoms with E-state index in [9.17, 15) is 9.59 Å². The summed E-state index contributed by atoms with van der Waals surface area (Å²) in [6.07, 6.45) is 6.78. The summed E-state index contributed by atoms with van der Waals surface area (Å²) in [5.74, 6) is 1.83. The van der Waals surface area contributed by atoms with Crippen LogP contribution in [0.5, 0.6) is 23.0 Å². The van der Waals surface area contributed by atoms with Gasteiger partial charge in [0.05, 0.1) is 27.9 Å². The topological polar surface area (TPSA) is 84.2 Å². The first-order valence-electron chi connectivity index (χ1n) is 12.0. The Labute approximate surface area is 220 Å². The van der Waals surface area contributed by atoms with Gasteiger partial charge >= 0.3 is 5.63 Å². The van der Waals surface area contributed by atoms with Crippen LogP contribution in [-0.2, 0) is 0 Å². The number of benzene rings is 3. The van der Waals surface area contributed by atoms with Crippen molar-refractivity contribution >= 4 is 35.0 Å². The average Bonchev–Trinajstić information content (AvgIpc) is 2.95. The number of methoxy groups -OCH3 is 3. The van der Waals surface area contributed by atoms with Crippen molar-refractivity contribution in [3.8, 4) is 23.0 Å². The summed E-state index contributed by atoms with van der Waals surface area (Å²) in [6.45, 7) is 2.26. The molecule has 1 heterocycles. The molecule has 38 heavy (non-hydrogen) atoms. The highest BCUT2D eigenvalue weighted by Gasteiger charge is 2.15. The average molecular weight is 513 g/mol. The number of rotatable bonds is 10. The van der Waals surface area contributed by atoms with E-state index in [0.29, 0.717) is 40.4 Å². The summed E-state index contributed by atoms with van der Waals surface area (Å²) in [4.78, 5) is 25.8. The summed E-state index contributed by atoms with van der Waals surface area (Å²) in [5.41, 5.74) is 1.86. The first kappa shape index (κ1) is 26.3. The molecule has 0 atom stereocenters. The van der Waals surface area contributed by atoms with Gasteiger partial charge in [0.15, 0.2) is 17.1 Å². The van der Waals surface area contributed by atoms with Crippen LogP contribution in [0.1, 0.15) is 34.0 Å². The SMILES string of the molecule is CCOc1cccc2cc(C(=O)/C=C/c3c(/C=C/c4ccc(OC)cc4)cc(OC)cc3OC)c(=O)oc12. The summed E-state index contributed by atoms with van der Waals surface area (Å²) < 4.78 is 27.2. The Hall–Kier alpha value is -4.78. The van der Waals surface area contributed by atoms with Crippen LogP contribution in [0.25, 0.3) is 29.2 Å². The van der Waals surface area contributed by atoms with Crippen LogP contribution in [0.2, 0.25) is 0 Å². The monoisotopic (exact) mass is 512 g/mol. The normalized spacial score (nSPS) is 11.3. The molecule has 0 radical (unpaired) electrons. The highest BCUT2D eigenvalue weighted by Crippen LogP contribution is 2.32. The summed E-state index contributed by atoms with van der Waals surface area (Å²) >= 11 is 0. The summed E-state index contributed by atoms with van der Waals surface area (Å²) in [5, 5.41) is 0.595. The van der Waals surface area contributed by atoms with Gasteiger partial charge in [0.2, 0.25) is 0 Å². The van der Waals surface area contributed by atoms with E-state index in [1.54, 1.807) is 51.7 Å². The van der Waals surface area contributed by atoms with Crippen LogP contribution in [0.4, 0.5) is 0 Å². The molecule has 0 amide bonds. The zero-order chi connectivity index (χ0) is 27.1. The van der Waals surface area contributed by atoms with Crippen LogP contribution >= 0.6 is 0 Å². The van der Waals surface area contributed by atoms with Gasteiger partial charge in [-0.05, 0) is 60.5 Å². The third-order valence-electron chi connectivity index (χ3n) is 5.86. The highest BCUT2D eigenvalue weighted by atomic mass is 16.5. The Morgan fingerprint density at radius 3 is 2.29 bits per heavy atom. The molecule has 4 aromatic rings. The third kappa shape index (κ3) is 5.78. The number of allylic oxidation sites excluding steroid dienone is 1. The van der Waals surface area contributed by atoms with Crippen molar-refractivity contribution in [1.82, 2.24) is 0 Å². The molecular formula is C31H28O7. The largest absolute Gasteiger partial charge is 0.497 e. The van der Waals surface area contributed by atoms with Crippen molar-refractivity contribution in [2.45, 2.75) is 6.92 Å². The second kappa shape index (κ2) is 12.0. The molecule has 3 aromatic carbocycles. The maximum Gasteiger partial charge on any atom is 0.347 e. The van der Waals surface area contributed by atoms with Gasteiger partial charge < -0.3 is 23.4 Å². The lowest BCUT2D eigenvalue weighted by atomic mass is 10.0. The van der Waals surface area contributed by atoms with E-state index in [1.165, 1.54) is 12.1 Å². The van der Waals surface area contributed by atoms with Crippen molar-refractivity contribution in [2.24, 2.45) is 0 Å². The Morgan fingerprint density at radius 2 is 1.61 bits per heavy atom. The second-order valence-corrected chi connectivity index (χ2v) is 8.19. The number of hydrogen-bond donors (Lipinski definition) is 0. The molecule has 0 unspecified atom stereocenters. The smallest absolute Gasteiger partial charge is 0.347 e. The molecule has 0 fully saturated rings. The van der Waals surface area contributed by atoms with Gasteiger partial charge in [0.1, 0.15) is 22.8 Å². The molecule has 1 aromatic heterocycles. The lowest BCUT2D eigenvalue weighted by molar-refractivity contribution is 0.104. The van der Waals surface area contributed by atoms with Crippen molar-refractivity contribution < 1.29 is 28.2 Å². The Morgan fingerprint density at radius 1 is 0.842 bits per heavy atom. The van der Waals surface area contributed by atoms with Crippen molar-refractivity contribution in [3.05, 3.63) is 99.4 Å². The lowest BCUT2D eigenvalue weighted by Gasteiger charge is -2.11. The van der Waals surface area contributed by atoms with Crippen LogP contribution in [0.3, 0.4) is 0 Å². The van der Waals surface area contributed by atoms with Crippen LogP contribution < -0.4 is 24.6 Å². The molecule has 0 N–H and O–H groups in total. The molecule has 7 heteroatoms. The number of hydrogen-bond acceptors (Lipinski definition) is 7. The maximum atomic E-state index is 13.1. The summed E-state index contributed by atoms with van der Waals surface area (Å²) in [6, 6.07) is 18.0. The first-order chi connectivity index (χ1) is 18.5. The predicted molar refractivity (Wildman–Crippen MR) is 148 cm³/mol. The Kier molecular flexibility index (Phi) is 8.28. The minimum Gasteiger partial charge on any atom is -0.497 e. The van der Waals surface area contributed by atoms with E-state index in [0.717, 1.165) is 16.9 Å². The van der Waals surface area contributed by atoms with Gasteiger partial charge in [0.25, 0.3) is 0 Å². The van der Waals surface area contributed by atoms with E-state index in [-0.39, 0.29) is 5.56 Å². The predicted octanol–water partition coefficient (Wildman–Crippen LogP) is 6.28. The van der Waals surface area contributed by atoms with Gasteiger partial charge in [-0.3, -0.25) is 4.79 Å². The maximum absolute atomic E-state index is 13.1. The molecular weight excluding hydrogens is 484 g/mol. The van der Waals surface area contributed by atoms with Crippen molar-refractivity contribution in [1.29, 1.82) is 0 Å². The Balaban J connectivity index is 1.71. The molecule has 0 aliphatic rings. The first-order valence-corrected chi connectivity index (χ1v) is 12.0. The molecule has 0 saturated carbocycles. The molecule has 4 rings (SSSR count). The minimum atomic E-state index is -0.736. The Bertz CT molecular complexity index is 1560. The number of fused-ring (bicyclic) bond motifs is 1. The number of ketones is 1. The van der Waals surface area contributed by atoms with Crippen molar-refractivity contribution in [2.75, 3.05) is 27.9 Å². The van der Waals surface area contributed by atoms with E-state index in [4.69, 9.17) is 23.4 Å². The zero-order valence-electron chi connectivity index (χ0n) is 21.6. The standard InChI is InChI=1S/C31H28O7/c1-5-37-28-8-6-7-22-18-26(31(33)38-30(22)28)27(32)16-15-25-21(17-24(35-3)19-29(25)36-4)12-9-20-10-13-23(34-2)14-11-20/h6-19H,5H2,1-4H3/b12-9+,16-15+. The fourth-order valence-corrected chi connectivity index (χ4v) is 3.93. The van der Waals surface area contributed by atoms with Gasteiger partial charge in [-0.1, -0.05) is 36.4 Å². The van der Waals surface area contributed by atoms with Gasteiger partial charge in [-0.25, -0.2) is 4.79 Å². The van der Waals surface area contributed by atoms with E-state index < -0.39 is 11.4 Å². The molecule has 0 aliphatic carbocycles. The van der Waals surface area contributed by atoms with Crippen LogP contribution in [-0.4, -0.2) is 33.7 Å². The van der Waals surface area contributed by atoms with Gasteiger partial charge in [-0.15, -0.1) is 0 Å². The van der Waals surface area contributed by atoms with Gasteiger partial charge in [-0.2, -0.15) is 0 Å². The van der Waals surface area contributed by atoms with Gasteiger partial charge in [0, 0.05) is 17.0 Å². The fourth-order valence-electron chi connectivity index (χ4n) is 3.93. The van der Waals surface area contributed by atoms with Crippen LogP contribution in [0.15, 0.2) is 76.0 Å². The van der Waals surface area contributed by atoms with Crippen molar-refractivity contribution in [3.63, 3.8) is 0 Å². The highest BCUT2D eigenvalue weighted by molar-refractivity contribution is 6.08. The zero-order valence-corrected chi connectivity index (χ0v) is 21.6. The number of ether oxygens (including phenoxy) is 4.